The van der Waals surface area contributed by atoms with Crippen molar-refractivity contribution in [2.24, 2.45) is 0 Å². The molecule has 1 aromatic rings. The summed E-state index contributed by atoms with van der Waals surface area (Å²) in [6.07, 6.45) is 1.44. The van der Waals surface area contributed by atoms with E-state index >= 15 is 0 Å². The fourth-order valence-electron chi connectivity index (χ4n) is 1.10. The molecule has 0 saturated carbocycles. The van der Waals surface area contributed by atoms with E-state index in [1.54, 1.807) is 0 Å². The topological polar surface area (TPSA) is 75.1 Å². The predicted octanol–water partition coefficient (Wildman–Crippen LogP) is 1.73. The van der Waals surface area contributed by atoms with Crippen LogP contribution in [-0.2, 0) is 0 Å². The lowest BCUT2D eigenvalue weighted by Crippen LogP contribution is -2.20. The van der Waals surface area contributed by atoms with Gasteiger partial charge in [-0.05, 0) is 18.7 Å². The Bertz CT molecular complexity index is 360. The maximum Gasteiger partial charge on any atom is 0.354 e. The maximum absolute atomic E-state index is 10.7. The first-order chi connectivity index (χ1) is 7.63. The summed E-state index contributed by atoms with van der Waals surface area (Å²) in [5.41, 5.74) is 0.00726. The van der Waals surface area contributed by atoms with Gasteiger partial charge in [-0.25, -0.2) is 14.8 Å². The third-order valence-electron chi connectivity index (χ3n) is 1.82. The Morgan fingerprint density at radius 3 is 3.06 bits per heavy atom. The summed E-state index contributed by atoms with van der Waals surface area (Å²) in [4.78, 5) is 18.6. The molecular weight excluding hydrogens is 226 g/mol. The van der Waals surface area contributed by atoms with E-state index in [2.05, 4.69) is 22.2 Å². The molecule has 0 saturated heterocycles. The van der Waals surface area contributed by atoms with Crippen molar-refractivity contribution in [3.05, 3.63) is 18.0 Å². The molecule has 0 amide bonds. The van der Waals surface area contributed by atoms with Gasteiger partial charge in [-0.2, -0.15) is 11.8 Å². The lowest BCUT2D eigenvalue weighted by Gasteiger charge is -2.12. The number of rotatable bonds is 6. The standard InChI is InChI=1S/C10H15N3O2S/c1-3-16-6-7(2)12-10-11-5-4-8(13-10)9(14)15/h4-5,7H,3,6H2,1-2H3,(H,14,15)(H,11,12,13). The van der Waals surface area contributed by atoms with Gasteiger partial charge in [0, 0.05) is 18.0 Å². The van der Waals surface area contributed by atoms with Crippen LogP contribution in [0.25, 0.3) is 0 Å². The molecule has 16 heavy (non-hydrogen) atoms. The Morgan fingerprint density at radius 2 is 2.44 bits per heavy atom. The summed E-state index contributed by atoms with van der Waals surface area (Å²) in [6.45, 7) is 4.11. The van der Waals surface area contributed by atoms with Gasteiger partial charge in [-0.15, -0.1) is 0 Å². The molecule has 1 aromatic heterocycles. The van der Waals surface area contributed by atoms with Gasteiger partial charge >= 0.3 is 5.97 Å². The Hall–Kier alpha value is -1.30. The molecule has 2 N–H and O–H groups in total. The highest BCUT2D eigenvalue weighted by Gasteiger charge is 2.08. The fourth-order valence-corrected chi connectivity index (χ4v) is 1.78. The minimum Gasteiger partial charge on any atom is -0.477 e. The van der Waals surface area contributed by atoms with Crippen LogP contribution in [0.15, 0.2) is 12.3 Å². The molecule has 88 valence electrons. The van der Waals surface area contributed by atoms with Crippen LogP contribution in [0.4, 0.5) is 5.95 Å². The van der Waals surface area contributed by atoms with Crippen molar-refractivity contribution in [2.45, 2.75) is 19.9 Å². The third-order valence-corrected chi connectivity index (χ3v) is 2.97. The van der Waals surface area contributed by atoms with Crippen LogP contribution in [0.5, 0.6) is 0 Å². The van der Waals surface area contributed by atoms with E-state index in [1.165, 1.54) is 12.3 Å². The molecule has 0 aromatic carbocycles. The number of hydrogen-bond acceptors (Lipinski definition) is 5. The van der Waals surface area contributed by atoms with Gasteiger partial charge in [0.25, 0.3) is 0 Å². The molecule has 1 rings (SSSR count). The summed E-state index contributed by atoms with van der Waals surface area (Å²) in [5, 5.41) is 11.8. The van der Waals surface area contributed by atoms with Crippen LogP contribution in [0.2, 0.25) is 0 Å². The molecule has 0 bridgehead atoms. The Balaban J connectivity index is 2.59. The van der Waals surface area contributed by atoms with Crippen LogP contribution in [-0.4, -0.2) is 38.6 Å². The average molecular weight is 241 g/mol. The smallest absolute Gasteiger partial charge is 0.354 e. The third kappa shape index (κ3) is 4.06. The number of carbonyl (C=O) groups is 1. The van der Waals surface area contributed by atoms with E-state index in [-0.39, 0.29) is 11.7 Å². The van der Waals surface area contributed by atoms with Gasteiger partial charge in [-0.1, -0.05) is 6.92 Å². The number of thioether (sulfide) groups is 1. The quantitative estimate of drug-likeness (QED) is 0.790. The van der Waals surface area contributed by atoms with Crippen LogP contribution < -0.4 is 5.32 Å². The summed E-state index contributed by atoms with van der Waals surface area (Å²) in [7, 11) is 0. The van der Waals surface area contributed by atoms with E-state index in [4.69, 9.17) is 5.11 Å². The van der Waals surface area contributed by atoms with Gasteiger partial charge in [0.05, 0.1) is 0 Å². The monoisotopic (exact) mass is 241 g/mol. The van der Waals surface area contributed by atoms with E-state index < -0.39 is 5.97 Å². The Kier molecular flexibility index (Phi) is 5.04. The van der Waals surface area contributed by atoms with Crippen molar-refractivity contribution in [1.82, 2.24) is 9.97 Å². The molecule has 6 heteroatoms. The van der Waals surface area contributed by atoms with Gasteiger partial charge in [-0.3, -0.25) is 0 Å². The minimum atomic E-state index is -1.04. The van der Waals surface area contributed by atoms with E-state index in [9.17, 15) is 4.79 Å². The fraction of sp³-hybridized carbons (Fsp3) is 0.500. The Labute approximate surface area is 98.7 Å². The molecular formula is C10H15N3O2S. The average Bonchev–Trinajstić information content (AvgIpc) is 2.26. The summed E-state index contributed by atoms with van der Waals surface area (Å²) in [6, 6.07) is 1.59. The van der Waals surface area contributed by atoms with Crippen LogP contribution in [0.1, 0.15) is 24.3 Å². The number of hydrogen-bond donors (Lipinski definition) is 2. The first-order valence-electron chi connectivity index (χ1n) is 5.04. The van der Waals surface area contributed by atoms with Crippen molar-refractivity contribution in [3.63, 3.8) is 0 Å². The van der Waals surface area contributed by atoms with Gasteiger partial charge in [0.15, 0.2) is 5.69 Å². The maximum atomic E-state index is 10.7. The molecule has 1 heterocycles. The van der Waals surface area contributed by atoms with Crippen molar-refractivity contribution < 1.29 is 9.90 Å². The van der Waals surface area contributed by atoms with Gasteiger partial charge in [0.1, 0.15) is 0 Å². The SMILES string of the molecule is CCSCC(C)Nc1nccc(C(=O)O)n1. The van der Waals surface area contributed by atoms with E-state index in [1.807, 2.05) is 18.7 Å². The molecule has 1 atom stereocenters. The van der Waals surface area contributed by atoms with E-state index in [0.717, 1.165) is 11.5 Å². The molecule has 0 aliphatic carbocycles. The summed E-state index contributed by atoms with van der Waals surface area (Å²) < 4.78 is 0. The van der Waals surface area contributed by atoms with E-state index in [0.29, 0.717) is 5.95 Å². The number of anilines is 1. The molecule has 0 aliphatic heterocycles. The molecule has 1 unspecified atom stereocenters. The molecule has 0 fully saturated rings. The van der Waals surface area contributed by atoms with Crippen molar-refractivity contribution in [2.75, 3.05) is 16.8 Å². The zero-order valence-electron chi connectivity index (χ0n) is 9.30. The molecule has 0 spiro atoms. The van der Waals surface area contributed by atoms with Crippen molar-refractivity contribution in [3.8, 4) is 0 Å². The molecule has 5 nitrogen and oxygen atoms in total. The van der Waals surface area contributed by atoms with Crippen molar-refractivity contribution >= 4 is 23.7 Å². The first kappa shape index (κ1) is 12.8. The second-order valence-electron chi connectivity index (χ2n) is 3.28. The lowest BCUT2D eigenvalue weighted by atomic mass is 10.4. The minimum absolute atomic E-state index is 0.00726. The second-order valence-corrected chi connectivity index (χ2v) is 4.59. The van der Waals surface area contributed by atoms with Gasteiger partial charge < -0.3 is 10.4 Å². The number of nitrogens with zero attached hydrogens (tertiary/aromatic N) is 2. The molecule has 0 aliphatic rings. The van der Waals surface area contributed by atoms with Crippen LogP contribution in [0.3, 0.4) is 0 Å². The lowest BCUT2D eigenvalue weighted by molar-refractivity contribution is 0.0690. The van der Waals surface area contributed by atoms with Crippen LogP contribution in [0, 0.1) is 0 Å². The van der Waals surface area contributed by atoms with Crippen LogP contribution >= 0.6 is 11.8 Å². The largest absolute Gasteiger partial charge is 0.477 e. The highest BCUT2D eigenvalue weighted by molar-refractivity contribution is 7.99. The highest BCUT2D eigenvalue weighted by Crippen LogP contribution is 2.07. The number of carboxylic acids is 1. The van der Waals surface area contributed by atoms with Crippen molar-refractivity contribution in [1.29, 1.82) is 0 Å². The number of nitrogens with one attached hydrogen (secondary N) is 1. The zero-order valence-corrected chi connectivity index (χ0v) is 10.1. The first-order valence-corrected chi connectivity index (χ1v) is 6.19. The summed E-state index contributed by atoms with van der Waals surface area (Å²) >= 11 is 1.81. The summed E-state index contributed by atoms with van der Waals surface area (Å²) in [5.74, 6) is 1.32. The molecule has 0 radical (unpaired) electrons. The van der Waals surface area contributed by atoms with Gasteiger partial charge in [0.2, 0.25) is 5.95 Å². The highest BCUT2D eigenvalue weighted by atomic mass is 32.2. The number of aromatic nitrogens is 2. The number of aromatic carboxylic acids is 1. The zero-order chi connectivity index (χ0) is 12.0. The number of carboxylic acid groups (broad SMARTS) is 1. The Morgan fingerprint density at radius 1 is 1.69 bits per heavy atom. The predicted molar refractivity (Wildman–Crippen MR) is 65.1 cm³/mol. The second kappa shape index (κ2) is 6.32. The normalized spacial score (nSPS) is 12.1.